The topological polar surface area (TPSA) is 131 Å². The summed E-state index contributed by atoms with van der Waals surface area (Å²) >= 11 is 0. The Morgan fingerprint density at radius 1 is 1.02 bits per heavy atom. The molecule has 0 fully saturated rings. The molecule has 3 atom stereocenters. The molecule has 0 aliphatic carbocycles. The highest BCUT2D eigenvalue weighted by Crippen LogP contribution is 2.29. The second kappa shape index (κ2) is 16.5. The van der Waals surface area contributed by atoms with Crippen LogP contribution in [0.5, 0.6) is 11.5 Å². The van der Waals surface area contributed by atoms with Crippen LogP contribution >= 0.6 is 0 Å². The van der Waals surface area contributed by atoms with Crippen molar-refractivity contribution in [1.82, 2.24) is 10.3 Å². The van der Waals surface area contributed by atoms with Crippen molar-refractivity contribution in [2.24, 2.45) is 0 Å². The lowest BCUT2D eigenvalue weighted by Crippen LogP contribution is -2.38. The van der Waals surface area contributed by atoms with Gasteiger partial charge in [0, 0.05) is 55.9 Å². The van der Waals surface area contributed by atoms with Gasteiger partial charge in [-0.3, -0.25) is 0 Å². The molecule has 1 aromatic carbocycles. The minimum Gasteiger partial charge on any atom is -0.504 e. The maximum absolute atomic E-state index is 10.3. The quantitative estimate of drug-likeness (QED) is 0.125. The molecule has 0 aliphatic heterocycles. The van der Waals surface area contributed by atoms with Crippen LogP contribution in [0, 0.1) is 0 Å². The lowest BCUT2D eigenvalue weighted by Gasteiger charge is -2.25. The predicted molar refractivity (Wildman–Crippen MR) is 157 cm³/mol. The van der Waals surface area contributed by atoms with E-state index in [1.54, 1.807) is 13.0 Å². The maximum Gasteiger partial charge on any atom is 0.161 e. The fourth-order valence-corrected chi connectivity index (χ4v) is 4.96. The van der Waals surface area contributed by atoms with Gasteiger partial charge in [-0.1, -0.05) is 26.3 Å². The third kappa shape index (κ3) is 9.70. The van der Waals surface area contributed by atoms with Crippen LogP contribution in [0.25, 0.3) is 0 Å². The Morgan fingerprint density at radius 3 is 2.58 bits per heavy atom. The highest BCUT2D eigenvalue weighted by molar-refractivity contribution is 5.42. The minimum atomic E-state index is -0.426. The number of aliphatic hydroxyl groups excluding tert-OH is 3. The standard InChI is InChI=1S/C32H48N2O6/c1-4-5-8-31-26(21-36)18-28(40-31)11-9-24-10-12-30(38)32(16-24)39-15-13-27-17-25(20-33-27)23(3)29(7-6-14-35)34-19-22(2)37/h10,12,16-18,20,22-23,29,33-38H,4-9,11,13-15,19,21H2,1-3H3. The highest BCUT2D eigenvalue weighted by atomic mass is 16.5. The molecule has 6 N–H and O–H groups in total. The summed E-state index contributed by atoms with van der Waals surface area (Å²) in [6.07, 6.45) is 8.18. The number of H-pyrrole nitrogens is 1. The van der Waals surface area contributed by atoms with Crippen molar-refractivity contribution < 1.29 is 29.6 Å². The number of furan rings is 1. The van der Waals surface area contributed by atoms with Gasteiger partial charge in [-0.05, 0) is 73.9 Å². The first-order valence-corrected chi connectivity index (χ1v) is 14.7. The zero-order valence-corrected chi connectivity index (χ0v) is 24.3. The van der Waals surface area contributed by atoms with Gasteiger partial charge in [-0.25, -0.2) is 0 Å². The number of phenolic OH excluding ortho intramolecular Hbond substituents is 1. The van der Waals surface area contributed by atoms with Crippen molar-refractivity contribution in [3.63, 3.8) is 0 Å². The Hall–Kier alpha value is -2.78. The molecule has 40 heavy (non-hydrogen) atoms. The molecule has 8 heteroatoms. The molecule has 222 valence electrons. The molecule has 8 nitrogen and oxygen atoms in total. The summed E-state index contributed by atoms with van der Waals surface area (Å²) in [5, 5.41) is 42.4. The van der Waals surface area contributed by atoms with E-state index in [2.05, 4.69) is 30.2 Å². The Labute approximate surface area is 238 Å². The van der Waals surface area contributed by atoms with Gasteiger partial charge in [0.1, 0.15) is 11.5 Å². The number of aromatic amines is 1. The molecule has 3 aromatic rings. The molecule has 2 aromatic heterocycles. The zero-order valence-electron chi connectivity index (χ0n) is 24.3. The molecule has 0 amide bonds. The van der Waals surface area contributed by atoms with E-state index in [0.717, 1.165) is 60.4 Å². The fraction of sp³-hybridized carbons (Fsp3) is 0.562. The van der Waals surface area contributed by atoms with Crippen molar-refractivity contribution in [3.8, 4) is 11.5 Å². The molecule has 0 saturated heterocycles. The number of hydrogen-bond donors (Lipinski definition) is 6. The normalized spacial score (nSPS) is 13.8. The molecule has 0 spiro atoms. The number of phenols is 1. The Balaban J connectivity index is 1.53. The molecular weight excluding hydrogens is 508 g/mol. The van der Waals surface area contributed by atoms with Crippen LogP contribution < -0.4 is 10.1 Å². The monoisotopic (exact) mass is 556 g/mol. The number of nitrogens with one attached hydrogen (secondary N) is 2. The SMILES string of the molecule is CCCCc1oc(CCc2ccc(O)c(OCCc3cc(C(C)C(CCCO)NCC(C)O)c[nH]3)c2)cc1CO. The van der Waals surface area contributed by atoms with Gasteiger partial charge in [-0.15, -0.1) is 0 Å². The lowest BCUT2D eigenvalue weighted by molar-refractivity contribution is 0.180. The molecule has 0 radical (unpaired) electrons. The van der Waals surface area contributed by atoms with E-state index in [4.69, 9.17) is 9.15 Å². The van der Waals surface area contributed by atoms with Crippen LogP contribution in [0.4, 0.5) is 0 Å². The number of rotatable bonds is 19. The summed E-state index contributed by atoms with van der Waals surface area (Å²) in [7, 11) is 0. The molecule has 0 bridgehead atoms. The number of aryl methyl sites for hydroxylation is 3. The van der Waals surface area contributed by atoms with Crippen LogP contribution in [0.2, 0.25) is 0 Å². The van der Waals surface area contributed by atoms with Crippen LogP contribution in [-0.4, -0.2) is 57.3 Å². The summed E-state index contributed by atoms with van der Waals surface area (Å²) < 4.78 is 12.0. The average Bonchev–Trinajstić information content (AvgIpc) is 3.58. The van der Waals surface area contributed by atoms with E-state index >= 15 is 0 Å². The molecule has 0 saturated carbocycles. The van der Waals surface area contributed by atoms with Crippen molar-refractivity contribution in [2.45, 2.75) is 96.8 Å². The Morgan fingerprint density at radius 2 is 1.85 bits per heavy atom. The smallest absolute Gasteiger partial charge is 0.161 e. The molecule has 3 rings (SSSR count). The molecule has 3 unspecified atom stereocenters. The first kappa shape index (κ1) is 31.7. The van der Waals surface area contributed by atoms with Gasteiger partial charge >= 0.3 is 0 Å². The third-order valence-corrected chi connectivity index (χ3v) is 7.43. The fourth-order valence-electron chi connectivity index (χ4n) is 4.96. The number of unbranched alkanes of at least 4 members (excludes halogenated alkanes) is 1. The summed E-state index contributed by atoms with van der Waals surface area (Å²) in [5.41, 5.74) is 4.13. The van der Waals surface area contributed by atoms with Gasteiger partial charge in [0.2, 0.25) is 0 Å². The van der Waals surface area contributed by atoms with Crippen LogP contribution in [0.3, 0.4) is 0 Å². The molecule has 0 aliphatic rings. The van der Waals surface area contributed by atoms with E-state index in [1.165, 1.54) is 5.56 Å². The van der Waals surface area contributed by atoms with E-state index < -0.39 is 6.10 Å². The lowest BCUT2D eigenvalue weighted by atomic mass is 9.91. The van der Waals surface area contributed by atoms with E-state index in [9.17, 15) is 20.4 Å². The zero-order chi connectivity index (χ0) is 28.9. The molecular formula is C32H48N2O6. The van der Waals surface area contributed by atoms with E-state index in [0.29, 0.717) is 38.2 Å². The van der Waals surface area contributed by atoms with Gasteiger partial charge < -0.3 is 39.9 Å². The second-order valence-corrected chi connectivity index (χ2v) is 10.8. The van der Waals surface area contributed by atoms with Crippen molar-refractivity contribution in [3.05, 3.63) is 70.4 Å². The summed E-state index contributed by atoms with van der Waals surface area (Å²) in [6, 6.07) is 9.68. The number of benzene rings is 1. The third-order valence-electron chi connectivity index (χ3n) is 7.43. The number of aromatic hydroxyl groups is 1. The Bertz CT molecular complexity index is 1140. The summed E-state index contributed by atoms with van der Waals surface area (Å²) in [5.74, 6) is 2.53. The number of ether oxygens (including phenoxy) is 1. The summed E-state index contributed by atoms with van der Waals surface area (Å²) in [4.78, 5) is 3.34. The predicted octanol–water partition coefficient (Wildman–Crippen LogP) is 4.77. The summed E-state index contributed by atoms with van der Waals surface area (Å²) in [6.45, 7) is 7.13. The average molecular weight is 557 g/mol. The van der Waals surface area contributed by atoms with Gasteiger partial charge in [0.25, 0.3) is 0 Å². The number of aromatic nitrogens is 1. The Kier molecular flexibility index (Phi) is 13.1. The minimum absolute atomic E-state index is 0.00879. The van der Waals surface area contributed by atoms with E-state index in [1.807, 2.05) is 24.4 Å². The van der Waals surface area contributed by atoms with Crippen molar-refractivity contribution in [2.75, 3.05) is 19.8 Å². The van der Waals surface area contributed by atoms with Crippen LogP contribution in [0.1, 0.15) is 86.3 Å². The highest BCUT2D eigenvalue weighted by Gasteiger charge is 2.20. The first-order valence-electron chi connectivity index (χ1n) is 14.7. The van der Waals surface area contributed by atoms with Crippen molar-refractivity contribution >= 4 is 0 Å². The first-order chi connectivity index (χ1) is 19.3. The second-order valence-electron chi connectivity index (χ2n) is 10.8. The van der Waals surface area contributed by atoms with E-state index in [-0.39, 0.29) is 30.9 Å². The number of hydrogen-bond acceptors (Lipinski definition) is 7. The van der Waals surface area contributed by atoms with Crippen LogP contribution in [-0.2, 0) is 32.3 Å². The maximum atomic E-state index is 10.3. The van der Waals surface area contributed by atoms with Gasteiger partial charge in [0.15, 0.2) is 11.5 Å². The van der Waals surface area contributed by atoms with Gasteiger partial charge in [-0.2, -0.15) is 0 Å². The van der Waals surface area contributed by atoms with Gasteiger partial charge in [0.05, 0.1) is 19.3 Å². The largest absolute Gasteiger partial charge is 0.504 e. The molecule has 2 heterocycles. The number of aliphatic hydroxyl groups is 3. The van der Waals surface area contributed by atoms with Crippen molar-refractivity contribution in [1.29, 1.82) is 0 Å². The van der Waals surface area contributed by atoms with Crippen LogP contribution in [0.15, 0.2) is 40.9 Å².